The Morgan fingerprint density at radius 2 is 2.05 bits per heavy atom. The zero-order chi connectivity index (χ0) is 13.8. The highest BCUT2D eigenvalue weighted by Crippen LogP contribution is 2.26. The van der Waals surface area contributed by atoms with Crippen LogP contribution < -0.4 is 0 Å². The molecular weight excluding hydrogens is 248 g/mol. The maximum atomic E-state index is 4.59. The Kier molecular flexibility index (Phi) is 4.02. The number of pyridine rings is 1. The maximum absolute atomic E-state index is 4.59. The fourth-order valence-electron chi connectivity index (χ4n) is 2.89. The van der Waals surface area contributed by atoms with Gasteiger partial charge in [0.1, 0.15) is 5.82 Å². The molecule has 0 spiro atoms. The van der Waals surface area contributed by atoms with Gasteiger partial charge in [-0.05, 0) is 50.1 Å². The topological polar surface area (TPSA) is 41.9 Å². The van der Waals surface area contributed by atoms with E-state index in [4.69, 9.17) is 0 Å². The van der Waals surface area contributed by atoms with E-state index in [1.54, 1.807) is 0 Å². The molecule has 1 aliphatic rings. The monoisotopic (exact) mass is 268 g/mol. The second-order valence-corrected chi connectivity index (χ2v) is 5.46. The van der Waals surface area contributed by atoms with E-state index in [9.17, 15) is 0 Å². The molecule has 0 saturated carbocycles. The van der Waals surface area contributed by atoms with Crippen LogP contribution in [-0.4, -0.2) is 32.9 Å². The van der Waals surface area contributed by atoms with E-state index in [-0.39, 0.29) is 0 Å². The Labute approximate surface area is 119 Å². The lowest BCUT2D eigenvalue weighted by molar-refractivity contribution is 0.198. The van der Waals surface area contributed by atoms with E-state index in [0.29, 0.717) is 5.92 Å². The molecule has 20 heavy (non-hydrogen) atoms. The fourth-order valence-corrected chi connectivity index (χ4v) is 2.89. The van der Waals surface area contributed by atoms with E-state index in [1.165, 1.54) is 30.6 Å². The molecular formula is C16H20N4. The second-order valence-electron chi connectivity index (χ2n) is 5.46. The third kappa shape index (κ3) is 3.20. The summed E-state index contributed by atoms with van der Waals surface area (Å²) in [5.41, 5.74) is 2.52. The van der Waals surface area contributed by atoms with Gasteiger partial charge >= 0.3 is 0 Å². The van der Waals surface area contributed by atoms with Gasteiger partial charge in [0, 0.05) is 43.3 Å². The van der Waals surface area contributed by atoms with Gasteiger partial charge < -0.3 is 0 Å². The average molecular weight is 268 g/mol. The number of aromatic nitrogens is 3. The number of hydrogen-bond acceptors (Lipinski definition) is 4. The first-order valence-corrected chi connectivity index (χ1v) is 7.22. The third-order valence-corrected chi connectivity index (χ3v) is 3.88. The summed E-state index contributed by atoms with van der Waals surface area (Å²) in [6, 6.07) is 6.25. The lowest BCUT2D eigenvalue weighted by Gasteiger charge is -2.32. The molecule has 2 aromatic heterocycles. The molecule has 3 rings (SSSR count). The molecule has 1 saturated heterocycles. The van der Waals surface area contributed by atoms with Gasteiger partial charge in [0.15, 0.2) is 0 Å². The quantitative estimate of drug-likeness (QED) is 0.858. The SMILES string of the molecule is Cc1nccc([C@H]2CCCN(Cc3ccncc3)C2)n1. The first-order chi connectivity index (χ1) is 9.81. The van der Waals surface area contributed by atoms with Crippen LogP contribution in [0.5, 0.6) is 0 Å². The summed E-state index contributed by atoms with van der Waals surface area (Å²) in [4.78, 5) is 15.4. The van der Waals surface area contributed by atoms with Gasteiger partial charge in [0.05, 0.1) is 0 Å². The molecule has 0 aliphatic carbocycles. The van der Waals surface area contributed by atoms with Crippen LogP contribution in [0.4, 0.5) is 0 Å². The summed E-state index contributed by atoms with van der Waals surface area (Å²) in [6.45, 7) is 5.21. The Morgan fingerprint density at radius 3 is 2.85 bits per heavy atom. The molecule has 0 bridgehead atoms. The van der Waals surface area contributed by atoms with Gasteiger partial charge in [-0.25, -0.2) is 9.97 Å². The van der Waals surface area contributed by atoms with Gasteiger partial charge in [0.2, 0.25) is 0 Å². The summed E-state index contributed by atoms with van der Waals surface area (Å²) < 4.78 is 0. The van der Waals surface area contributed by atoms with Gasteiger partial charge in [-0.2, -0.15) is 0 Å². The number of aryl methyl sites for hydroxylation is 1. The van der Waals surface area contributed by atoms with E-state index in [0.717, 1.165) is 18.9 Å². The molecule has 2 aromatic rings. The van der Waals surface area contributed by atoms with Crippen LogP contribution in [0, 0.1) is 6.92 Å². The molecule has 0 N–H and O–H groups in total. The molecule has 0 unspecified atom stereocenters. The summed E-state index contributed by atoms with van der Waals surface area (Å²) in [6.07, 6.45) is 8.07. The molecule has 0 aromatic carbocycles. The van der Waals surface area contributed by atoms with Crippen LogP contribution in [0.3, 0.4) is 0 Å². The zero-order valence-corrected chi connectivity index (χ0v) is 11.9. The van der Waals surface area contributed by atoms with Gasteiger partial charge in [-0.3, -0.25) is 9.88 Å². The number of piperidine rings is 1. The highest BCUT2D eigenvalue weighted by Gasteiger charge is 2.22. The second kappa shape index (κ2) is 6.09. The Bertz CT molecular complexity index is 555. The first kappa shape index (κ1) is 13.2. The minimum absolute atomic E-state index is 0.535. The van der Waals surface area contributed by atoms with Crippen LogP contribution in [0.1, 0.15) is 35.8 Å². The van der Waals surface area contributed by atoms with E-state index >= 15 is 0 Å². The molecule has 0 radical (unpaired) electrons. The summed E-state index contributed by atoms with van der Waals surface area (Å²) in [5, 5.41) is 0. The lowest BCUT2D eigenvalue weighted by atomic mass is 9.94. The Morgan fingerprint density at radius 1 is 1.20 bits per heavy atom. The molecule has 1 fully saturated rings. The molecule has 4 heteroatoms. The number of hydrogen-bond donors (Lipinski definition) is 0. The highest BCUT2D eigenvalue weighted by molar-refractivity contribution is 5.12. The predicted octanol–water partition coefficient (Wildman–Crippen LogP) is 2.56. The maximum Gasteiger partial charge on any atom is 0.125 e. The van der Waals surface area contributed by atoms with Crippen LogP contribution in [0.2, 0.25) is 0 Å². The summed E-state index contributed by atoms with van der Waals surface area (Å²) in [7, 11) is 0. The van der Waals surface area contributed by atoms with Gasteiger partial charge in [-0.15, -0.1) is 0 Å². The number of rotatable bonds is 3. The summed E-state index contributed by atoms with van der Waals surface area (Å²) >= 11 is 0. The van der Waals surface area contributed by atoms with Crippen molar-refractivity contribution in [1.82, 2.24) is 19.9 Å². The van der Waals surface area contributed by atoms with E-state index < -0.39 is 0 Å². The minimum atomic E-state index is 0.535. The standard InChI is InChI=1S/C16H20N4/c1-13-18-9-6-16(19-13)15-3-2-10-20(12-15)11-14-4-7-17-8-5-14/h4-9,15H,2-3,10-12H2,1H3/t15-/m0/s1. The van der Waals surface area contributed by atoms with Crippen LogP contribution in [0.25, 0.3) is 0 Å². The Hall–Kier alpha value is -1.81. The molecule has 104 valence electrons. The van der Waals surface area contributed by atoms with Crippen LogP contribution in [-0.2, 0) is 6.54 Å². The van der Waals surface area contributed by atoms with Crippen molar-refractivity contribution in [1.29, 1.82) is 0 Å². The Balaban J connectivity index is 1.67. The van der Waals surface area contributed by atoms with Crippen molar-refractivity contribution in [3.63, 3.8) is 0 Å². The molecule has 3 heterocycles. The van der Waals surface area contributed by atoms with Gasteiger partial charge in [-0.1, -0.05) is 0 Å². The number of nitrogens with zero attached hydrogens (tertiary/aromatic N) is 4. The highest BCUT2D eigenvalue weighted by atomic mass is 15.1. The predicted molar refractivity (Wildman–Crippen MR) is 78.3 cm³/mol. The van der Waals surface area contributed by atoms with E-state index in [1.807, 2.05) is 25.5 Å². The molecule has 4 nitrogen and oxygen atoms in total. The van der Waals surface area contributed by atoms with Crippen LogP contribution in [0.15, 0.2) is 36.8 Å². The molecule has 1 atom stereocenters. The van der Waals surface area contributed by atoms with Crippen molar-refractivity contribution in [3.8, 4) is 0 Å². The van der Waals surface area contributed by atoms with Crippen molar-refractivity contribution in [3.05, 3.63) is 53.9 Å². The average Bonchev–Trinajstić information content (AvgIpc) is 2.49. The van der Waals surface area contributed by atoms with Crippen molar-refractivity contribution in [2.75, 3.05) is 13.1 Å². The summed E-state index contributed by atoms with van der Waals surface area (Å²) in [5.74, 6) is 1.40. The molecule has 0 amide bonds. The third-order valence-electron chi connectivity index (χ3n) is 3.88. The minimum Gasteiger partial charge on any atom is -0.298 e. The fraction of sp³-hybridized carbons (Fsp3) is 0.438. The van der Waals surface area contributed by atoms with Crippen molar-refractivity contribution in [2.24, 2.45) is 0 Å². The zero-order valence-electron chi connectivity index (χ0n) is 11.9. The first-order valence-electron chi connectivity index (χ1n) is 7.22. The molecule has 1 aliphatic heterocycles. The van der Waals surface area contributed by atoms with Gasteiger partial charge in [0.25, 0.3) is 0 Å². The largest absolute Gasteiger partial charge is 0.298 e. The van der Waals surface area contributed by atoms with Crippen LogP contribution >= 0.6 is 0 Å². The number of likely N-dealkylation sites (tertiary alicyclic amines) is 1. The normalized spacial score (nSPS) is 19.9. The lowest BCUT2D eigenvalue weighted by Crippen LogP contribution is -2.34. The van der Waals surface area contributed by atoms with Crippen molar-refractivity contribution >= 4 is 0 Å². The van der Waals surface area contributed by atoms with Crippen molar-refractivity contribution < 1.29 is 0 Å². The van der Waals surface area contributed by atoms with E-state index in [2.05, 4.69) is 38.1 Å². The smallest absolute Gasteiger partial charge is 0.125 e. The van der Waals surface area contributed by atoms with Crippen molar-refractivity contribution in [2.45, 2.75) is 32.2 Å².